The number of anilines is 1. The molecule has 0 bridgehead atoms. The van der Waals surface area contributed by atoms with Crippen LogP contribution in [-0.4, -0.2) is 24.8 Å². The van der Waals surface area contributed by atoms with Crippen LogP contribution in [0.25, 0.3) is 0 Å². The van der Waals surface area contributed by atoms with Crippen molar-refractivity contribution in [3.05, 3.63) is 28.6 Å². The first-order valence-electron chi connectivity index (χ1n) is 5.67. The molecule has 21 heavy (non-hydrogen) atoms. The maximum Gasteiger partial charge on any atom is 0.282 e. The van der Waals surface area contributed by atoms with Gasteiger partial charge in [0.15, 0.2) is 11.5 Å². The van der Waals surface area contributed by atoms with E-state index < -0.39 is 10.0 Å². The number of benzene rings is 1. The van der Waals surface area contributed by atoms with Crippen LogP contribution in [0.5, 0.6) is 11.5 Å². The lowest BCUT2D eigenvalue weighted by molar-refractivity contribution is 0.174. The van der Waals surface area contributed by atoms with E-state index in [-0.39, 0.29) is 27.7 Å². The van der Waals surface area contributed by atoms with Gasteiger partial charge in [0.25, 0.3) is 10.0 Å². The van der Waals surface area contributed by atoms with Crippen LogP contribution >= 0.6 is 23.2 Å². The van der Waals surface area contributed by atoms with Crippen molar-refractivity contribution in [3.8, 4) is 11.5 Å². The summed E-state index contributed by atoms with van der Waals surface area (Å²) in [5, 5.41) is -0.102. The topological polar surface area (TPSA) is 82.5 Å². The molecule has 0 unspecified atom stereocenters. The van der Waals surface area contributed by atoms with E-state index in [0.29, 0.717) is 11.5 Å². The van der Waals surface area contributed by atoms with E-state index in [1.165, 1.54) is 23.0 Å². The Kier molecular flexibility index (Phi) is 3.39. The predicted octanol–water partition coefficient (Wildman–Crippen LogP) is 2.26. The van der Waals surface area contributed by atoms with E-state index in [9.17, 15) is 8.42 Å². The van der Waals surface area contributed by atoms with Gasteiger partial charge in [-0.25, -0.2) is 4.98 Å². The van der Waals surface area contributed by atoms with Gasteiger partial charge in [-0.1, -0.05) is 23.2 Å². The minimum absolute atomic E-state index is 0.000587. The second-order valence-electron chi connectivity index (χ2n) is 4.24. The minimum atomic E-state index is -3.96. The van der Waals surface area contributed by atoms with Gasteiger partial charge in [-0.15, -0.1) is 0 Å². The molecule has 0 fully saturated rings. The van der Waals surface area contributed by atoms with Gasteiger partial charge in [-0.3, -0.25) is 4.72 Å². The summed E-state index contributed by atoms with van der Waals surface area (Å²) in [5.41, 5.74) is 0.155. The Labute approximate surface area is 130 Å². The van der Waals surface area contributed by atoms with Crippen LogP contribution in [0.2, 0.25) is 10.2 Å². The van der Waals surface area contributed by atoms with Crippen LogP contribution in [0.3, 0.4) is 0 Å². The van der Waals surface area contributed by atoms with Gasteiger partial charge in [0.2, 0.25) is 11.8 Å². The summed E-state index contributed by atoms with van der Waals surface area (Å²) < 4.78 is 38.6. The van der Waals surface area contributed by atoms with Crippen LogP contribution in [-0.2, 0) is 17.1 Å². The summed E-state index contributed by atoms with van der Waals surface area (Å²) in [6.07, 6.45) is 1.30. The van der Waals surface area contributed by atoms with Gasteiger partial charge in [-0.2, -0.15) is 8.42 Å². The summed E-state index contributed by atoms with van der Waals surface area (Å²) in [6, 6.07) is 2.92. The molecule has 0 saturated heterocycles. The van der Waals surface area contributed by atoms with Gasteiger partial charge in [-0.05, 0) is 0 Å². The van der Waals surface area contributed by atoms with Crippen molar-refractivity contribution in [2.45, 2.75) is 5.03 Å². The van der Waals surface area contributed by atoms with Crippen molar-refractivity contribution in [3.63, 3.8) is 0 Å². The molecular formula is C11H9Cl2N3O4S. The SMILES string of the molecule is Cn1cnc(S(=O)(=O)Nc2cc3c(cc2Cl)OCO3)c1Cl. The second-order valence-corrected chi connectivity index (χ2v) is 6.61. The number of sulfonamides is 1. The van der Waals surface area contributed by atoms with E-state index in [1.807, 2.05) is 0 Å². The van der Waals surface area contributed by atoms with Gasteiger partial charge < -0.3 is 14.0 Å². The zero-order chi connectivity index (χ0) is 15.2. The maximum absolute atomic E-state index is 12.3. The van der Waals surface area contributed by atoms with Gasteiger partial charge in [0, 0.05) is 19.2 Å². The summed E-state index contributed by atoms with van der Waals surface area (Å²) in [7, 11) is -2.37. The number of hydrogen-bond donors (Lipinski definition) is 1. The van der Waals surface area contributed by atoms with E-state index >= 15 is 0 Å². The number of nitrogens with one attached hydrogen (secondary N) is 1. The first-order valence-corrected chi connectivity index (χ1v) is 7.91. The monoisotopic (exact) mass is 349 g/mol. The van der Waals surface area contributed by atoms with Gasteiger partial charge in [0.1, 0.15) is 5.15 Å². The summed E-state index contributed by atoms with van der Waals surface area (Å²) in [6.45, 7) is 0.0634. The number of hydrogen-bond acceptors (Lipinski definition) is 5. The van der Waals surface area contributed by atoms with Crippen molar-refractivity contribution >= 4 is 38.9 Å². The van der Waals surface area contributed by atoms with E-state index in [0.717, 1.165) is 0 Å². The Hall–Kier alpha value is -1.64. The van der Waals surface area contributed by atoms with Crippen LogP contribution in [0.15, 0.2) is 23.5 Å². The molecule has 1 aliphatic rings. The highest BCUT2D eigenvalue weighted by Gasteiger charge is 2.25. The van der Waals surface area contributed by atoms with E-state index in [1.54, 1.807) is 7.05 Å². The first-order chi connectivity index (χ1) is 9.88. The zero-order valence-electron chi connectivity index (χ0n) is 10.6. The fourth-order valence-electron chi connectivity index (χ4n) is 1.76. The van der Waals surface area contributed by atoms with Crippen molar-refractivity contribution in [2.24, 2.45) is 7.05 Å². The van der Waals surface area contributed by atoms with Crippen LogP contribution in [0.1, 0.15) is 0 Å². The van der Waals surface area contributed by atoms with Gasteiger partial charge >= 0.3 is 0 Å². The third-order valence-corrected chi connectivity index (χ3v) is 4.96. The smallest absolute Gasteiger partial charge is 0.282 e. The molecule has 1 aliphatic heterocycles. The molecule has 1 aromatic heterocycles. The number of ether oxygens (including phenoxy) is 2. The average molecular weight is 350 g/mol. The third-order valence-electron chi connectivity index (χ3n) is 2.80. The molecule has 112 valence electrons. The molecule has 1 N–H and O–H groups in total. The third kappa shape index (κ3) is 2.50. The highest BCUT2D eigenvalue weighted by atomic mass is 35.5. The van der Waals surface area contributed by atoms with E-state index in [2.05, 4.69) is 9.71 Å². The fraction of sp³-hybridized carbons (Fsp3) is 0.182. The average Bonchev–Trinajstić information content (AvgIpc) is 2.97. The summed E-state index contributed by atoms with van der Waals surface area (Å²) in [5.74, 6) is 0.864. The normalized spacial score (nSPS) is 13.5. The van der Waals surface area contributed by atoms with Crippen molar-refractivity contribution in [2.75, 3.05) is 11.5 Å². The molecule has 10 heteroatoms. The highest BCUT2D eigenvalue weighted by molar-refractivity contribution is 7.92. The molecule has 7 nitrogen and oxygen atoms in total. The molecule has 0 aliphatic carbocycles. The largest absolute Gasteiger partial charge is 0.454 e. The lowest BCUT2D eigenvalue weighted by Crippen LogP contribution is -2.14. The number of halogens is 2. The molecule has 0 saturated carbocycles. The minimum Gasteiger partial charge on any atom is -0.454 e. The Morgan fingerprint density at radius 3 is 2.57 bits per heavy atom. The number of rotatable bonds is 3. The standard InChI is InChI=1S/C11H9Cl2N3O4S/c1-16-4-14-11(10(16)13)21(17,18)15-7-3-9-8(2-6(7)12)19-5-20-9/h2-4,15H,5H2,1H3. The summed E-state index contributed by atoms with van der Waals surface area (Å²) >= 11 is 11.9. The highest BCUT2D eigenvalue weighted by Crippen LogP contribution is 2.40. The Morgan fingerprint density at radius 1 is 1.29 bits per heavy atom. The summed E-state index contributed by atoms with van der Waals surface area (Å²) in [4.78, 5) is 3.77. The lowest BCUT2D eigenvalue weighted by atomic mass is 10.3. The Balaban J connectivity index is 1.98. The molecule has 0 spiro atoms. The molecule has 3 rings (SSSR count). The van der Waals surface area contributed by atoms with Crippen LogP contribution in [0, 0.1) is 0 Å². The number of aromatic nitrogens is 2. The quantitative estimate of drug-likeness (QED) is 0.918. The number of aryl methyl sites for hydroxylation is 1. The van der Waals surface area contributed by atoms with Crippen molar-refractivity contribution < 1.29 is 17.9 Å². The van der Waals surface area contributed by atoms with Crippen molar-refractivity contribution in [1.29, 1.82) is 0 Å². The number of nitrogens with zero attached hydrogens (tertiary/aromatic N) is 2. The first kappa shape index (κ1) is 14.3. The lowest BCUT2D eigenvalue weighted by Gasteiger charge is -2.09. The molecule has 1 aromatic carbocycles. The number of imidazole rings is 1. The number of fused-ring (bicyclic) bond motifs is 1. The van der Waals surface area contributed by atoms with E-state index in [4.69, 9.17) is 32.7 Å². The molecule has 0 radical (unpaired) electrons. The Bertz CT molecular complexity index is 819. The van der Waals surface area contributed by atoms with Crippen molar-refractivity contribution in [1.82, 2.24) is 9.55 Å². The zero-order valence-corrected chi connectivity index (χ0v) is 13.0. The second kappa shape index (κ2) is 4.97. The maximum atomic E-state index is 12.3. The predicted molar refractivity (Wildman–Crippen MR) is 76.6 cm³/mol. The fourth-order valence-corrected chi connectivity index (χ4v) is 3.52. The Morgan fingerprint density at radius 2 is 1.95 bits per heavy atom. The van der Waals surface area contributed by atoms with Crippen LogP contribution in [0.4, 0.5) is 5.69 Å². The molecular weight excluding hydrogens is 341 g/mol. The van der Waals surface area contributed by atoms with Crippen LogP contribution < -0.4 is 14.2 Å². The molecule has 0 amide bonds. The molecule has 2 heterocycles. The molecule has 0 atom stereocenters. The van der Waals surface area contributed by atoms with Gasteiger partial charge in [0.05, 0.1) is 17.0 Å². The molecule has 2 aromatic rings.